The van der Waals surface area contributed by atoms with E-state index < -0.39 is 0 Å². The highest BCUT2D eigenvalue weighted by Gasteiger charge is 2.03. The third kappa shape index (κ3) is 2.21. The van der Waals surface area contributed by atoms with Gasteiger partial charge in [-0.25, -0.2) is 9.97 Å². The van der Waals surface area contributed by atoms with Gasteiger partial charge in [0.2, 0.25) is 0 Å². The first kappa shape index (κ1) is 11.1. The molecular weight excluding hydrogens is 196 g/mol. The predicted molar refractivity (Wildman–Crippen MR) is 67.5 cm³/mol. The van der Waals surface area contributed by atoms with Crippen LogP contribution < -0.4 is 0 Å². The van der Waals surface area contributed by atoms with E-state index in [-0.39, 0.29) is 0 Å². The largest absolute Gasteiger partial charge is 0.244 e. The van der Waals surface area contributed by atoms with Crippen LogP contribution in [0.5, 0.6) is 0 Å². The van der Waals surface area contributed by atoms with Gasteiger partial charge in [-0.15, -0.1) is 0 Å². The number of hydrogen-bond acceptors (Lipinski definition) is 2. The lowest BCUT2D eigenvalue weighted by Crippen LogP contribution is -1.93. The monoisotopic (exact) mass is 214 g/mol. The number of benzene rings is 1. The number of hydrogen-bond donors (Lipinski definition) is 0. The van der Waals surface area contributed by atoms with Crippen molar-refractivity contribution in [2.45, 2.75) is 39.5 Å². The topological polar surface area (TPSA) is 25.8 Å². The van der Waals surface area contributed by atoms with E-state index in [9.17, 15) is 0 Å². The zero-order valence-electron chi connectivity index (χ0n) is 10.0. The third-order valence-corrected chi connectivity index (χ3v) is 3.12. The Morgan fingerprint density at radius 1 is 1.19 bits per heavy atom. The molecule has 0 N–H and O–H groups in total. The lowest BCUT2D eigenvalue weighted by Gasteiger charge is -2.08. The summed E-state index contributed by atoms with van der Waals surface area (Å²) in [6.45, 7) is 4.41. The Morgan fingerprint density at radius 2 is 2.06 bits per heavy atom. The van der Waals surface area contributed by atoms with E-state index in [1.54, 1.807) is 6.33 Å². The Hall–Kier alpha value is -1.44. The van der Waals surface area contributed by atoms with E-state index in [2.05, 4.69) is 35.9 Å². The summed E-state index contributed by atoms with van der Waals surface area (Å²) < 4.78 is 0. The van der Waals surface area contributed by atoms with Crippen LogP contribution in [0.4, 0.5) is 0 Å². The second-order valence-electron chi connectivity index (χ2n) is 4.26. The average molecular weight is 214 g/mol. The Morgan fingerprint density at radius 3 is 2.88 bits per heavy atom. The Balaban J connectivity index is 2.29. The molecule has 0 fully saturated rings. The number of nitrogens with zero attached hydrogens (tertiary/aromatic N) is 2. The highest BCUT2D eigenvalue weighted by atomic mass is 14.8. The van der Waals surface area contributed by atoms with Crippen LogP contribution in [0, 0.1) is 6.92 Å². The molecule has 1 heterocycles. The van der Waals surface area contributed by atoms with Crippen LogP contribution >= 0.6 is 0 Å². The van der Waals surface area contributed by atoms with Gasteiger partial charge in [-0.05, 0) is 37.0 Å². The average Bonchev–Trinajstić information content (AvgIpc) is 2.33. The van der Waals surface area contributed by atoms with Gasteiger partial charge in [0.15, 0.2) is 0 Å². The number of rotatable bonds is 4. The van der Waals surface area contributed by atoms with Gasteiger partial charge < -0.3 is 0 Å². The first-order valence-electron chi connectivity index (χ1n) is 6.01. The first-order valence-corrected chi connectivity index (χ1v) is 6.01. The zero-order chi connectivity index (χ0) is 11.4. The Labute approximate surface area is 96.7 Å². The van der Waals surface area contributed by atoms with Crippen LogP contribution in [0.15, 0.2) is 24.7 Å². The minimum atomic E-state index is 1.05. The standard InChI is InChI=1S/C14H18N2/c1-3-4-5-6-12-7-8-14-13(11(12)2)9-15-10-16-14/h7-10H,3-6H2,1-2H3. The normalized spacial score (nSPS) is 10.9. The molecule has 2 rings (SSSR count). The second kappa shape index (κ2) is 5.06. The smallest absolute Gasteiger partial charge is 0.116 e. The summed E-state index contributed by atoms with van der Waals surface area (Å²) in [6.07, 6.45) is 8.55. The molecule has 16 heavy (non-hydrogen) atoms. The summed E-state index contributed by atoms with van der Waals surface area (Å²) in [6, 6.07) is 4.31. The van der Waals surface area contributed by atoms with Crippen molar-refractivity contribution >= 4 is 10.9 Å². The van der Waals surface area contributed by atoms with E-state index in [1.807, 2.05) is 6.20 Å². The summed E-state index contributed by atoms with van der Waals surface area (Å²) >= 11 is 0. The first-order chi connectivity index (χ1) is 7.83. The second-order valence-corrected chi connectivity index (χ2v) is 4.26. The van der Waals surface area contributed by atoms with Crippen LogP contribution in [0.2, 0.25) is 0 Å². The van der Waals surface area contributed by atoms with Gasteiger partial charge in [-0.1, -0.05) is 25.8 Å². The molecule has 1 aromatic carbocycles. The Bertz CT molecular complexity index is 477. The van der Waals surface area contributed by atoms with Crippen LogP contribution in [-0.4, -0.2) is 9.97 Å². The van der Waals surface area contributed by atoms with Crippen LogP contribution in [-0.2, 0) is 6.42 Å². The van der Waals surface area contributed by atoms with Crippen molar-refractivity contribution in [3.8, 4) is 0 Å². The van der Waals surface area contributed by atoms with E-state index in [1.165, 1.54) is 42.2 Å². The molecule has 0 amide bonds. The van der Waals surface area contributed by atoms with Crippen LogP contribution in [0.1, 0.15) is 37.3 Å². The molecule has 0 aliphatic rings. The predicted octanol–water partition coefficient (Wildman–Crippen LogP) is 3.67. The van der Waals surface area contributed by atoms with Gasteiger partial charge in [-0.3, -0.25) is 0 Å². The minimum Gasteiger partial charge on any atom is -0.244 e. The summed E-state index contributed by atoms with van der Waals surface area (Å²) in [4.78, 5) is 8.37. The molecule has 0 saturated carbocycles. The molecule has 0 aliphatic carbocycles. The lowest BCUT2D eigenvalue weighted by atomic mass is 9.99. The lowest BCUT2D eigenvalue weighted by molar-refractivity contribution is 0.716. The zero-order valence-corrected chi connectivity index (χ0v) is 10.0. The van der Waals surface area contributed by atoms with E-state index in [0.29, 0.717) is 0 Å². The van der Waals surface area contributed by atoms with Crippen molar-refractivity contribution in [2.75, 3.05) is 0 Å². The minimum absolute atomic E-state index is 1.05. The molecule has 0 unspecified atom stereocenters. The molecular formula is C14H18N2. The molecule has 0 bridgehead atoms. The molecule has 0 radical (unpaired) electrons. The van der Waals surface area contributed by atoms with E-state index in [4.69, 9.17) is 0 Å². The van der Waals surface area contributed by atoms with Gasteiger partial charge in [0, 0.05) is 11.6 Å². The van der Waals surface area contributed by atoms with Crippen molar-refractivity contribution in [3.05, 3.63) is 35.8 Å². The molecule has 2 aromatic rings. The summed E-state index contributed by atoms with van der Waals surface area (Å²) in [5.74, 6) is 0. The number of fused-ring (bicyclic) bond motifs is 1. The van der Waals surface area contributed by atoms with Crippen molar-refractivity contribution in [1.29, 1.82) is 0 Å². The molecule has 2 heteroatoms. The van der Waals surface area contributed by atoms with E-state index >= 15 is 0 Å². The van der Waals surface area contributed by atoms with Gasteiger partial charge in [0.05, 0.1) is 5.52 Å². The number of aromatic nitrogens is 2. The summed E-state index contributed by atoms with van der Waals surface area (Å²) in [5.41, 5.74) is 3.83. The van der Waals surface area contributed by atoms with Gasteiger partial charge in [0.25, 0.3) is 0 Å². The fourth-order valence-electron chi connectivity index (χ4n) is 2.07. The highest BCUT2D eigenvalue weighted by molar-refractivity contribution is 5.82. The molecule has 1 aromatic heterocycles. The van der Waals surface area contributed by atoms with Crippen molar-refractivity contribution in [3.63, 3.8) is 0 Å². The fourth-order valence-corrected chi connectivity index (χ4v) is 2.07. The van der Waals surface area contributed by atoms with Crippen molar-refractivity contribution in [2.24, 2.45) is 0 Å². The molecule has 0 saturated heterocycles. The van der Waals surface area contributed by atoms with Gasteiger partial charge in [-0.2, -0.15) is 0 Å². The van der Waals surface area contributed by atoms with Crippen molar-refractivity contribution < 1.29 is 0 Å². The summed E-state index contributed by atoms with van der Waals surface area (Å²) in [7, 11) is 0. The van der Waals surface area contributed by atoms with Crippen LogP contribution in [0.3, 0.4) is 0 Å². The maximum absolute atomic E-state index is 4.27. The SMILES string of the molecule is CCCCCc1ccc2ncncc2c1C. The van der Waals surface area contributed by atoms with Crippen LogP contribution in [0.25, 0.3) is 10.9 Å². The third-order valence-electron chi connectivity index (χ3n) is 3.12. The fraction of sp³-hybridized carbons (Fsp3) is 0.429. The van der Waals surface area contributed by atoms with Gasteiger partial charge >= 0.3 is 0 Å². The molecule has 0 aliphatic heterocycles. The van der Waals surface area contributed by atoms with Gasteiger partial charge in [0.1, 0.15) is 6.33 Å². The Kier molecular flexibility index (Phi) is 3.50. The quantitative estimate of drug-likeness (QED) is 0.726. The summed E-state index contributed by atoms with van der Waals surface area (Å²) in [5, 5.41) is 1.19. The number of unbranched alkanes of at least 4 members (excludes halogenated alkanes) is 2. The molecule has 0 spiro atoms. The highest BCUT2D eigenvalue weighted by Crippen LogP contribution is 2.20. The van der Waals surface area contributed by atoms with E-state index in [0.717, 1.165) is 5.52 Å². The van der Waals surface area contributed by atoms with Crippen molar-refractivity contribution in [1.82, 2.24) is 9.97 Å². The molecule has 2 nitrogen and oxygen atoms in total. The molecule has 84 valence electrons. The maximum atomic E-state index is 4.27. The number of aryl methyl sites for hydroxylation is 2. The molecule has 0 atom stereocenters. The maximum Gasteiger partial charge on any atom is 0.116 e.